The van der Waals surface area contributed by atoms with Gasteiger partial charge < -0.3 is 9.72 Å². The average Bonchev–Trinajstić information content (AvgIpc) is 2.80. The van der Waals surface area contributed by atoms with Crippen LogP contribution in [0.15, 0.2) is 65.7 Å². The molecule has 3 aromatic rings. The van der Waals surface area contributed by atoms with Crippen LogP contribution in [0.25, 0.3) is 17.3 Å². The lowest BCUT2D eigenvalue weighted by Gasteiger charge is -2.31. The Labute approximate surface area is 176 Å². The molecular weight excluding hydrogens is 376 g/mol. The van der Waals surface area contributed by atoms with E-state index in [0.717, 1.165) is 55.2 Å². The molecule has 1 atom stereocenters. The van der Waals surface area contributed by atoms with Crippen LogP contribution in [-0.2, 0) is 0 Å². The van der Waals surface area contributed by atoms with E-state index in [4.69, 9.17) is 9.72 Å². The molecule has 1 aromatic carbocycles. The van der Waals surface area contributed by atoms with Gasteiger partial charge in [-0.1, -0.05) is 30.4 Å². The third-order valence-corrected chi connectivity index (χ3v) is 5.43. The molecule has 0 bridgehead atoms. The molecule has 1 unspecified atom stereocenters. The number of likely N-dealkylation sites (tertiary alicyclic amines) is 1. The fraction of sp³-hybridized carbons (Fsp3) is 0.292. The molecule has 6 nitrogen and oxygen atoms in total. The molecule has 1 aliphatic rings. The summed E-state index contributed by atoms with van der Waals surface area (Å²) in [7, 11) is 1.69. The van der Waals surface area contributed by atoms with E-state index in [0.29, 0.717) is 5.69 Å². The Morgan fingerprint density at radius 3 is 2.90 bits per heavy atom. The fourth-order valence-electron chi connectivity index (χ4n) is 3.92. The summed E-state index contributed by atoms with van der Waals surface area (Å²) in [4.78, 5) is 26.4. The molecule has 1 fully saturated rings. The minimum Gasteiger partial charge on any atom is -0.496 e. The summed E-state index contributed by atoms with van der Waals surface area (Å²) in [6.45, 7) is 2.77. The number of piperidine rings is 1. The van der Waals surface area contributed by atoms with Crippen LogP contribution in [0.1, 0.15) is 30.1 Å². The number of rotatable bonds is 6. The van der Waals surface area contributed by atoms with E-state index in [1.165, 1.54) is 0 Å². The lowest BCUT2D eigenvalue weighted by atomic mass is 9.97. The minimum absolute atomic E-state index is 0.111. The second kappa shape index (κ2) is 9.50. The van der Waals surface area contributed by atoms with E-state index in [1.807, 2.05) is 36.4 Å². The van der Waals surface area contributed by atoms with Crippen molar-refractivity contribution in [3.63, 3.8) is 0 Å². The Morgan fingerprint density at radius 2 is 2.07 bits per heavy atom. The molecule has 30 heavy (non-hydrogen) atoms. The number of aromatic nitrogens is 3. The van der Waals surface area contributed by atoms with Gasteiger partial charge in [0.15, 0.2) is 0 Å². The van der Waals surface area contributed by atoms with Gasteiger partial charge in [0.2, 0.25) is 0 Å². The summed E-state index contributed by atoms with van der Waals surface area (Å²) in [5.41, 5.74) is 2.57. The van der Waals surface area contributed by atoms with Crippen LogP contribution in [0.5, 0.6) is 5.75 Å². The highest BCUT2D eigenvalue weighted by Crippen LogP contribution is 2.26. The number of pyridine rings is 1. The summed E-state index contributed by atoms with van der Waals surface area (Å²) >= 11 is 0. The van der Waals surface area contributed by atoms with Crippen LogP contribution in [0.3, 0.4) is 0 Å². The zero-order chi connectivity index (χ0) is 20.8. The molecule has 1 saturated heterocycles. The Morgan fingerprint density at radius 1 is 1.23 bits per heavy atom. The number of H-pyrrole nitrogens is 1. The predicted octanol–water partition coefficient (Wildman–Crippen LogP) is 3.73. The zero-order valence-electron chi connectivity index (χ0n) is 17.1. The highest BCUT2D eigenvalue weighted by molar-refractivity contribution is 5.58. The number of nitrogens with zero attached hydrogens (tertiary/aromatic N) is 3. The molecule has 1 aliphatic heterocycles. The van der Waals surface area contributed by atoms with E-state index in [-0.39, 0.29) is 11.5 Å². The Balaban J connectivity index is 1.46. The van der Waals surface area contributed by atoms with E-state index in [2.05, 4.69) is 27.0 Å². The molecule has 154 valence electrons. The normalized spacial score (nSPS) is 17.3. The van der Waals surface area contributed by atoms with Crippen LogP contribution in [0.2, 0.25) is 0 Å². The SMILES string of the molecule is COc1ccccc1C=CCN1CCCC(c2nc(-c3ccncc3)cc(=O)[nH]2)C1. The standard InChI is InChI=1S/C24H26N4O2/c1-30-22-9-3-2-6-19(22)7-4-14-28-15-5-8-20(17-28)24-26-21(16-23(29)27-24)18-10-12-25-13-11-18/h2-4,6-7,9-13,16,20H,5,8,14-15,17H2,1H3,(H,26,27,29). The van der Waals surface area contributed by atoms with Gasteiger partial charge in [-0.3, -0.25) is 14.7 Å². The number of benzene rings is 1. The van der Waals surface area contributed by atoms with Gasteiger partial charge in [-0.25, -0.2) is 4.98 Å². The third-order valence-electron chi connectivity index (χ3n) is 5.43. The molecule has 3 heterocycles. The van der Waals surface area contributed by atoms with E-state index < -0.39 is 0 Å². The van der Waals surface area contributed by atoms with Crippen molar-refractivity contribution in [2.24, 2.45) is 0 Å². The largest absolute Gasteiger partial charge is 0.496 e. The van der Waals surface area contributed by atoms with Crippen LogP contribution in [-0.4, -0.2) is 46.6 Å². The number of hydrogen-bond donors (Lipinski definition) is 1. The molecule has 0 saturated carbocycles. The second-order valence-corrected chi connectivity index (χ2v) is 7.49. The molecule has 2 aromatic heterocycles. The van der Waals surface area contributed by atoms with Gasteiger partial charge in [0.05, 0.1) is 12.8 Å². The van der Waals surface area contributed by atoms with Crippen molar-refractivity contribution in [3.8, 4) is 17.0 Å². The first-order valence-electron chi connectivity index (χ1n) is 10.3. The molecule has 6 heteroatoms. The second-order valence-electron chi connectivity index (χ2n) is 7.49. The maximum atomic E-state index is 12.3. The van der Waals surface area contributed by atoms with Crippen molar-refractivity contribution in [1.29, 1.82) is 0 Å². The van der Waals surface area contributed by atoms with Crippen molar-refractivity contribution in [2.75, 3.05) is 26.7 Å². The van der Waals surface area contributed by atoms with E-state index in [1.54, 1.807) is 25.6 Å². The van der Waals surface area contributed by atoms with Gasteiger partial charge in [-0.15, -0.1) is 0 Å². The van der Waals surface area contributed by atoms with Crippen molar-refractivity contribution in [3.05, 3.63) is 82.7 Å². The number of methoxy groups -OCH3 is 1. The van der Waals surface area contributed by atoms with Gasteiger partial charge in [-0.05, 0) is 37.6 Å². The lowest BCUT2D eigenvalue weighted by molar-refractivity contribution is 0.224. The summed E-state index contributed by atoms with van der Waals surface area (Å²) in [6.07, 6.45) is 9.81. The van der Waals surface area contributed by atoms with Crippen LogP contribution in [0, 0.1) is 0 Å². The zero-order valence-corrected chi connectivity index (χ0v) is 17.1. The molecule has 0 radical (unpaired) electrons. The van der Waals surface area contributed by atoms with Gasteiger partial charge in [-0.2, -0.15) is 0 Å². The average molecular weight is 402 g/mol. The van der Waals surface area contributed by atoms with Gasteiger partial charge in [0, 0.05) is 48.6 Å². The quantitative estimate of drug-likeness (QED) is 0.680. The van der Waals surface area contributed by atoms with Crippen LogP contribution < -0.4 is 10.3 Å². The molecule has 4 rings (SSSR count). The Kier molecular flexibility index (Phi) is 6.35. The summed E-state index contributed by atoms with van der Waals surface area (Å²) in [5, 5.41) is 0. The first kappa shape index (κ1) is 20.0. The van der Waals surface area contributed by atoms with Gasteiger partial charge in [0.1, 0.15) is 11.6 Å². The third kappa shape index (κ3) is 4.83. The van der Waals surface area contributed by atoms with Crippen molar-refractivity contribution < 1.29 is 4.74 Å². The maximum absolute atomic E-state index is 12.3. The van der Waals surface area contributed by atoms with Crippen molar-refractivity contribution in [1.82, 2.24) is 19.9 Å². The number of nitrogens with one attached hydrogen (secondary N) is 1. The first-order valence-corrected chi connectivity index (χ1v) is 10.3. The fourth-order valence-corrected chi connectivity index (χ4v) is 3.92. The molecule has 0 aliphatic carbocycles. The first-order chi connectivity index (χ1) is 14.7. The summed E-state index contributed by atoms with van der Waals surface area (Å²) in [6, 6.07) is 13.3. The highest BCUT2D eigenvalue weighted by Gasteiger charge is 2.23. The summed E-state index contributed by atoms with van der Waals surface area (Å²) < 4.78 is 5.41. The van der Waals surface area contributed by atoms with Gasteiger partial charge >= 0.3 is 0 Å². The lowest BCUT2D eigenvalue weighted by Crippen LogP contribution is -2.35. The highest BCUT2D eigenvalue weighted by atomic mass is 16.5. The van der Waals surface area contributed by atoms with E-state index in [9.17, 15) is 4.79 Å². The Bertz CT molecular complexity index is 1060. The van der Waals surface area contributed by atoms with Gasteiger partial charge in [0.25, 0.3) is 5.56 Å². The number of hydrogen-bond acceptors (Lipinski definition) is 5. The van der Waals surface area contributed by atoms with Crippen molar-refractivity contribution in [2.45, 2.75) is 18.8 Å². The van der Waals surface area contributed by atoms with Crippen LogP contribution >= 0.6 is 0 Å². The summed E-state index contributed by atoms with van der Waals surface area (Å²) in [5.74, 6) is 1.86. The number of aromatic amines is 1. The topological polar surface area (TPSA) is 71.1 Å². The maximum Gasteiger partial charge on any atom is 0.251 e. The minimum atomic E-state index is -0.111. The van der Waals surface area contributed by atoms with Crippen LogP contribution in [0.4, 0.5) is 0 Å². The van der Waals surface area contributed by atoms with Crippen molar-refractivity contribution >= 4 is 6.08 Å². The monoisotopic (exact) mass is 402 g/mol. The number of ether oxygens (including phenoxy) is 1. The molecule has 0 amide bonds. The predicted molar refractivity (Wildman–Crippen MR) is 119 cm³/mol. The Hall–Kier alpha value is -3.25. The van der Waals surface area contributed by atoms with E-state index >= 15 is 0 Å². The molecule has 1 N–H and O–H groups in total. The molecular formula is C24H26N4O2. The number of para-hydroxylation sites is 1. The smallest absolute Gasteiger partial charge is 0.251 e. The molecule has 0 spiro atoms.